The van der Waals surface area contributed by atoms with E-state index in [1.54, 1.807) is 12.1 Å². The van der Waals surface area contributed by atoms with Gasteiger partial charge in [0.05, 0.1) is 16.9 Å². The van der Waals surface area contributed by atoms with Crippen molar-refractivity contribution in [3.63, 3.8) is 0 Å². The van der Waals surface area contributed by atoms with Crippen LogP contribution in [0, 0.1) is 0 Å². The van der Waals surface area contributed by atoms with E-state index in [9.17, 15) is 4.79 Å². The van der Waals surface area contributed by atoms with Crippen molar-refractivity contribution in [3.8, 4) is 11.6 Å². The van der Waals surface area contributed by atoms with Crippen LogP contribution in [-0.4, -0.2) is 22.4 Å². The summed E-state index contributed by atoms with van der Waals surface area (Å²) in [6.07, 6.45) is 2.35. The molecule has 0 saturated heterocycles. The Labute approximate surface area is 167 Å². The molecule has 7 heteroatoms. The third-order valence-corrected chi connectivity index (χ3v) is 5.06. The smallest absolute Gasteiger partial charge is 0.249 e. The summed E-state index contributed by atoms with van der Waals surface area (Å²) in [6, 6.07) is 15.5. The van der Waals surface area contributed by atoms with Crippen molar-refractivity contribution < 1.29 is 9.21 Å². The highest BCUT2D eigenvalue weighted by atomic mass is 16.3. The highest BCUT2D eigenvalue weighted by Crippen LogP contribution is 2.35. The summed E-state index contributed by atoms with van der Waals surface area (Å²) in [4.78, 5) is 21.2. The normalized spacial score (nSPS) is 12.6. The molecule has 0 spiro atoms. The van der Waals surface area contributed by atoms with E-state index >= 15 is 0 Å². The zero-order chi connectivity index (χ0) is 19.8. The van der Waals surface area contributed by atoms with E-state index in [0.717, 1.165) is 41.1 Å². The fourth-order valence-electron chi connectivity index (χ4n) is 3.65. The van der Waals surface area contributed by atoms with E-state index in [-0.39, 0.29) is 0 Å². The van der Waals surface area contributed by atoms with Gasteiger partial charge in [-0.3, -0.25) is 4.79 Å². The molecule has 0 saturated carbocycles. The molecule has 1 aliphatic rings. The van der Waals surface area contributed by atoms with Gasteiger partial charge in [-0.2, -0.15) is 0 Å². The predicted octanol–water partition coefficient (Wildman–Crippen LogP) is 3.57. The molecule has 0 radical (unpaired) electrons. The van der Waals surface area contributed by atoms with Crippen LogP contribution in [0.15, 0.2) is 59.2 Å². The maximum absolute atomic E-state index is 11.7. The number of furan rings is 1. The second-order valence-corrected chi connectivity index (χ2v) is 6.93. The maximum atomic E-state index is 11.7. The molecule has 0 atom stereocenters. The Balaban J connectivity index is 1.57. The molecule has 7 nitrogen and oxygen atoms in total. The molecule has 144 valence electrons. The summed E-state index contributed by atoms with van der Waals surface area (Å²) in [5.74, 6) is 1.26. The zero-order valence-electron chi connectivity index (χ0n) is 15.6. The molecule has 5 rings (SSSR count). The van der Waals surface area contributed by atoms with Crippen LogP contribution in [0.5, 0.6) is 0 Å². The highest BCUT2D eigenvalue weighted by Gasteiger charge is 2.22. The minimum Gasteiger partial charge on any atom is -0.460 e. The molecular formula is C22H19N5O2. The molecule has 4 N–H and O–H groups in total. The first kappa shape index (κ1) is 17.2. The standard InChI is InChI=1S/C22H19N5O2/c23-20(28)15-8-4-7-14-16(15)12-29-19(14)22-26-17-9-10-24-18(17)21(27-22)25-11-13-5-2-1-3-6-13/h1-8,12,24H,9-11H2,(H2,23,28)(H,25,26,27). The largest absolute Gasteiger partial charge is 0.460 e. The summed E-state index contributed by atoms with van der Waals surface area (Å²) in [5.41, 5.74) is 8.95. The van der Waals surface area contributed by atoms with Crippen LogP contribution in [0.25, 0.3) is 22.4 Å². The number of amides is 1. The molecule has 2 aromatic carbocycles. The highest BCUT2D eigenvalue weighted by molar-refractivity contribution is 6.08. The Morgan fingerprint density at radius 3 is 2.79 bits per heavy atom. The van der Waals surface area contributed by atoms with Crippen LogP contribution in [0.2, 0.25) is 0 Å². The predicted molar refractivity (Wildman–Crippen MR) is 112 cm³/mol. The van der Waals surface area contributed by atoms with Crippen LogP contribution in [0.1, 0.15) is 21.6 Å². The molecule has 1 amide bonds. The van der Waals surface area contributed by atoms with Crippen LogP contribution in [-0.2, 0) is 13.0 Å². The zero-order valence-corrected chi connectivity index (χ0v) is 15.6. The Morgan fingerprint density at radius 2 is 1.97 bits per heavy atom. The molecule has 0 aliphatic carbocycles. The molecule has 0 fully saturated rings. The van der Waals surface area contributed by atoms with Gasteiger partial charge in [0.15, 0.2) is 17.4 Å². The quantitative estimate of drug-likeness (QED) is 0.485. The Kier molecular flexibility index (Phi) is 4.13. The summed E-state index contributed by atoms with van der Waals surface area (Å²) in [6.45, 7) is 1.47. The number of anilines is 2. The van der Waals surface area contributed by atoms with Crippen LogP contribution < -0.4 is 16.4 Å². The first-order valence-electron chi connectivity index (χ1n) is 9.43. The molecule has 4 aromatic rings. The van der Waals surface area contributed by atoms with Crippen LogP contribution in [0.3, 0.4) is 0 Å². The Hall–Kier alpha value is -3.87. The average Bonchev–Trinajstić information content (AvgIpc) is 3.39. The molecule has 0 unspecified atom stereocenters. The summed E-state index contributed by atoms with van der Waals surface area (Å²) in [5, 5.41) is 8.20. The number of nitrogens with two attached hydrogens (primary N) is 1. The lowest BCUT2D eigenvalue weighted by Gasteiger charge is -2.12. The SMILES string of the molecule is NC(=O)c1cccc2c(-c3nc4c(c(NCc5ccccc5)n3)NCC4)occ12. The summed E-state index contributed by atoms with van der Waals surface area (Å²) >= 11 is 0. The van der Waals surface area contributed by atoms with Gasteiger partial charge in [-0.1, -0.05) is 42.5 Å². The van der Waals surface area contributed by atoms with Crippen molar-refractivity contribution in [2.24, 2.45) is 5.73 Å². The Bertz CT molecular complexity index is 1220. The summed E-state index contributed by atoms with van der Waals surface area (Å²) < 4.78 is 5.79. The van der Waals surface area contributed by atoms with Gasteiger partial charge >= 0.3 is 0 Å². The molecule has 2 aromatic heterocycles. The molecule has 1 aliphatic heterocycles. The number of nitrogens with one attached hydrogen (secondary N) is 2. The van der Waals surface area contributed by atoms with E-state index in [1.165, 1.54) is 6.26 Å². The molecular weight excluding hydrogens is 366 g/mol. The van der Waals surface area contributed by atoms with Gasteiger partial charge in [0.1, 0.15) is 6.26 Å². The van der Waals surface area contributed by atoms with Crippen molar-refractivity contribution in [3.05, 3.63) is 71.6 Å². The van der Waals surface area contributed by atoms with Crippen molar-refractivity contribution in [2.45, 2.75) is 13.0 Å². The minimum atomic E-state index is -0.493. The lowest BCUT2D eigenvalue weighted by Crippen LogP contribution is -2.10. The number of primary amides is 1. The third kappa shape index (κ3) is 3.06. The average molecular weight is 385 g/mol. The van der Waals surface area contributed by atoms with Gasteiger partial charge in [0, 0.05) is 30.3 Å². The fraction of sp³-hybridized carbons (Fsp3) is 0.136. The van der Waals surface area contributed by atoms with Gasteiger partial charge < -0.3 is 20.8 Å². The number of carbonyl (C=O) groups is 1. The number of carbonyl (C=O) groups excluding carboxylic acids is 1. The van der Waals surface area contributed by atoms with Crippen molar-refractivity contribution in [1.29, 1.82) is 0 Å². The molecule has 3 heterocycles. The van der Waals surface area contributed by atoms with E-state index in [2.05, 4.69) is 22.8 Å². The number of fused-ring (bicyclic) bond motifs is 2. The second-order valence-electron chi connectivity index (χ2n) is 6.93. The Morgan fingerprint density at radius 1 is 1.10 bits per heavy atom. The topological polar surface area (TPSA) is 106 Å². The van der Waals surface area contributed by atoms with Crippen molar-refractivity contribution in [1.82, 2.24) is 9.97 Å². The molecule has 29 heavy (non-hydrogen) atoms. The van der Waals surface area contributed by atoms with E-state index in [4.69, 9.17) is 20.1 Å². The van der Waals surface area contributed by atoms with E-state index in [0.29, 0.717) is 29.1 Å². The van der Waals surface area contributed by atoms with Gasteiger partial charge in [0.2, 0.25) is 5.91 Å². The second kappa shape index (κ2) is 6.94. The van der Waals surface area contributed by atoms with Gasteiger partial charge in [0.25, 0.3) is 0 Å². The minimum absolute atomic E-state index is 0.419. The van der Waals surface area contributed by atoms with Gasteiger partial charge in [-0.25, -0.2) is 9.97 Å². The van der Waals surface area contributed by atoms with Gasteiger partial charge in [-0.05, 0) is 11.6 Å². The van der Waals surface area contributed by atoms with E-state index in [1.807, 2.05) is 24.3 Å². The summed E-state index contributed by atoms with van der Waals surface area (Å²) in [7, 11) is 0. The number of hydrogen-bond acceptors (Lipinski definition) is 6. The van der Waals surface area contributed by atoms with Crippen molar-refractivity contribution >= 4 is 28.2 Å². The van der Waals surface area contributed by atoms with E-state index < -0.39 is 5.91 Å². The van der Waals surface area contributed by atoms with Crippen LogP contribution >= 0.6 is 0 Å². The van der Waals surface area contributed by atoms with Gasteiger partial charge in [-0.15, -0.1) is 0 Å². The number of benzene rings is 2. The fourth-order valence-corrected chi connectivity index (χ4v) is 3.65. The lowest BCUT2D eigenvalue weighted by atomic mass is 10.1. The first-order valence-corrected chi connectivity index (χ1v) is 9.43. The molecule has 0 bridgehead atoms. The first-order chi connectivity index (χ1) is 14.2. The number of nitrogens with zero attached hydrogens (tertiary/aromatic N) is 2. The third-order valence-electron chi connectivity index (χ3n) is 5.06. The maximum Gasteiger partial charge on any atom is 0.249 e. The monoisotopic (exact) mass is 385 g/mol. The number of hydrogen-bond donors (Lipinski definition) is 3. The number of rotatable bonds is 5. The number of aromatic nitrogens is 2. The van der Waals surface area contributed by atoms with Crippen LogP contribution in [0.4, 0.5) is 11.5 Å². The lowest BCUT2D eigenvalue weighted by molar-refractivity contribution is 0.100. The van der Waals surface area contributed by atoms with Crippen molar-refractivity contribution in [2.75, 3.05) is 17.2 Å².